The molecule has 0 saturated heterocycles. The summed E-state index contributed by atoms with van der Waals surface area (Å²) in [6.07, 6.45) is 4.75. The molecule has 7 heteroatoms. The number of nitrogens with one attached hydrogen (secondary N) is 1. The maximum atomic E-state index is 8.87. The number of hydrazone groups is 1. The second-order valence-electron chi connectivity index (χ2n) is 5.64. The van der Waals surface area contributed by atoms with Crippen molar-refractivity contribution in [1.82, 2.24) is 9.97 Å². The summed E-state index contributed by atoms with van der Waals surface area (Å²) in [5.74, 6) is 6.00. The summed E-state index contributed by atoms with van der Waals surface area (Å²) >= 11 is 0. The van der Waals surface area contributed by atoms with Gasteiger partial charge in [-0.2, -0.15) is 15.6 Å². The Bertz CT molecular complexity index is 1100. The van der Waals surface area contributed by atoms with E-state index in [0.29, 0.717) is 22.9 Å². The second kappa shape index (κ2) is 8.75. The lowest BCUT2D eigenvalue weighted by molar-refractivity contribution is 1.14. The Kier molecular flexibility index (Phi) is 5.72. The normalized spacial score (nSPS) is 11.0. The van der Waals surface area contributed by atoms with E-state index in [9.17, 15) is 0 Å². The molecule has 3 N–H and O–H groups in total. The molecule has 0 aliphatic heterocycles. The third-order valence-corrected chi connectivity index (χ3v) is 3.83. The highest BCUT2D eigenvalue weighted by atomic mass is 15.1. The molecule has 3 aromatic rings. The zero-order valence-electron chi connectivity index (χ0n) is 14.7. The fourth-order valence-corrected chi connectivity index (χ4v) is 2.48. The maximum absolute atomic E-state index is 8.87. The first-order valence-corrected chi connectivity index (χ1v) is 8.28. The van der Waals surface area contributed by atoms with Crippen LogP contribution in [-0.4, -0.2) is 15.7 Å². The minimum Gasteiger partial charge on any atom is -0.324 e. The van der Waals surface area contributed by atoms with Gasteiger partial charge in [-0.1, -0.05) is 24.3 Å². The Balaban J connectivity index is 1.83. The molecule has 0 fully saturated rings. The molecule has 28 heavy (non-hydrogen) atoms. The van der Waals surface area contributed by atoms with Gasteiger partial charge in [0.25, 0.3) is 0 Å². The van der Waals surface area contributed by atoms with Crippen LogP contribution in [-0.2, 0) is 0 Å². The summed E-state index contributed by atoms with van der Waals surface area (Å²) in [6, 6.07) is 20.2. The van der Waals surface area contributed by atoms with E-state index < -0.39 is 0 Å². The highest BCUT2D eigenvalue weighted by Crippen LogP contribution is 2.16. The zero-order valence-corrected chi connectivity index (χ0v) is 14.7. The van der Waals surface area contributed by atoms with Crippen molar-refractivity contribution >= 4 is 23.4 Å². The molecule has 3 rings (SSSR count). The molecule has 0 bridgehead atoms. The lowest BCUT2D eigenvalue weighted by Crippen LogP contribution is -2.10. The van der Waals surface area contributed by atoms with Crippen LogP contribution in [0.1, 0.15) is 22.4 Å². The second-order valence-corrected chi connectivity index (χ2v) is 5.64. The SMILES string of the molecule is N#C/C=C/c1ccc(/C(=N/N)c2ccnc(Nc3ccc(C#N)cc3)n2)cc1. The molecule has 0 amide bonds. The molecular weight excluding hydrogens is 350 g/mol. The highest BCUT2D eigenvalue weighted by Gasteiger charge is 2.10. The molecule has 0 atom stereocenters. The van der Waals surface area contributed by atoms with E-state index in [0.717, 1.165) is 16.8 Å². The van der Waals surface area contributed by atoms with Crippen LogP contribution in [0.3, 0.4) is 0 Å². The number of nitrogens with zero attached hydrogens (tertiary/aromatic N) is 5. The van der Waals surface area contributed by atoms with Crippen molar-refractivity contribution in [2.24, 2.45) is 10.9 Å². The Morgan fingerprint density at radius 1 is 1.04 bits per heavy atom. The van der Waals surface area contributed by atoms with Gasteiger partial charge in [0.2, 0.25) is 5.95 Å². The Hall–Kier alpha value is -4.49. The van der Waals surface area contributed by atoms with E-state index >= 15 is 0 Å². The smallest absolute Gasteiger partial charge is 0.227 e. The fraction of sp³-hybridized carbons (Fsp3) is 0. The van der Waals surface area contributed by atoms with Crippen molar-refractivity contribution in [3.63, 3.8) is 0 Å². The van der Waals surface area contributed by atoms with E-state index in [1.165, 1.54) is 6.08 Å². The number of benzene rings is 2. The molecule has 7 nitrogen and oxygen atoms in total. The lowest BCUT2D eigenvalue weighted by Gasteiger charge is -2.08. The molecule has 2 aromatic carbocycles. The molecule has 0 aliphatic rings. The van der Waals surface area contributed by atoms with Crippen LogP contribution in [0, 0.1) is 22.7 Å². The average molecular weight is 365 g/mol. The summed E-state index contributed by atoms with van der Waals surface area (Å²) in [5, 5.41) is 24.5. The van der Waals surface area contributed by atoms with Gasteiger partial charge in [-0.05, 0) is 42.0 Å². The van der Waals surface area contributed by atoms with Gasteiger partial charge in [0.05, 0.1) is 23.4 Å². The molecule has 0 aliphatic carbocycles. The summed E-state index contributed by atoms with van der Waals surface area (Å²) in [4.78, 5) is 8.69. The van der Waals surface area contributed by atoms with Crippen molar-refractivity contribution < 1.29 is 0 Å². The number of hydrogen-bond acceptors (Lipinski definition) is 7. The van der Waals surface area contributed by atoms with Crippen LogP contribution >= 0.6 is 0 Å². The van der Waals surface area contributed by atoms with Gasteiger partial charge < -0.3 is 11.2 Å². The van der Waals surface area contributed by atoms with E-state index in [4.69, 9.17) is 16.4 Å². The van der Waals surface area contributed by atoms with E-state index in [1.54, 1.807) is 42.6 Å². The largest absolute Gasteiger partial charge is 0.324 e. The van der Waals surface area contributed by atoms with E-state index in [2.05, 4.69) is 26.5 Å². The standard InChI is InChI=1S/C21H15N7/c22-12-1-2-15-3-7-17(8-4-15)20(28-24)19-11-13-25-21(27-19)26-18-9-5-16(14-23)6-10-18/h1-11,13H,24H2,(H,25,26,27)/b2-1+,28-20-. The molecule has 134 valence electrons. The molecule has 0 unspecified atom stereocenters. The van der Waals surface area contributed by atoms with Gasteiger partial charge in [0.1, 0.15) is 5.71 Å². The van der Waals surface area contributed by atoms with Gasteiger partial charge in [0.15, 0.2) is 0 Å². The fourth-order valence-electron chi connectivity index (χ4n) is 2.48. The number of nitrogens with two attached hydrogens (primary N) is 1. The van der Waals surface area contributed by atoms with Crippen LogP contribution in [0.4, 0.5) is 11.6 Å². The first-order valence-electron chi connectivity index (χ1n) is 8.28. The molecule has 0 radical (unpaired) electrons. The first-order chi connectivity index (χ1) is 13.7. The van der Waals surface area contributed by atoms with Crippen LogP contribution < -0.4 is 11.2 Å². The van der Waals surface area contributed by atoms with Crippen molar-refractivity contribution in [3.8, 4) is 12.1 Å². The maximum Gasteiger partial charge on any atom is 0.227 e. The third-order valence-electron chi connectivity index (χ3n) is 3.83. The third kappa shape index (κ3) is 4.37. The van der Waals surface area contributed by atoms with Gasteiger partial charge in [-0.15, -0.1) is 0 Å². The Morgan fingerprint density at radius 3 is 2.43 bits per heavy atom. The predicted octanol–water partition coefficient (Wildman–Crippen LogP) is 3.34. The number of nitriles is 2. The number of hydrogen-bond donors (Lipinski definition) is 2. The Morgan fingerprint density at radius 2 is 1.79 bits per heavy atom. The topological polar surface area (TPSA) is 124 Å². The van der Waals surface area contributed by atoms with Crippen LogP contribution in [0.15, 0.2) is 72.0 Å². The van der Waals surface area contributed by atoms with Gasteiger partial charge in [-0.25, -0.2) is 9.97 Å². The summed E-state index contributed by atoms with van der Waals surface area (Å²) in [7, 11) is 0. The number of anilines is 2. The van der Waals surface area contributed by atoms with Crippen LogP contribution in [0.5, 0.6) is 0 Å². The van der Waals surface area contributed by atoms with Crippen molar-refractivity contribution in [3.05, 3.63) is 89.3 Å². The first kappa shape index (κ1) is 18.3. The summed E-state index contributed by atoms with van der Waals surface area (Å²) in [6.45, 7) is 0. The van der Waals surface area contributed by atoms with E-state index in [1.807, 2.05) is 30.3 Å². The summed E-state index contributed by atoms with van der Waals surface area (Å²) < 4.78 is 0. The number of rotatable bonds is 5. The van der Waals surface area contributed by atoms with E-state index in [-0.39, 0.29) is 0 Å². The van der Waals surface area contributed by atoms with Crippen LogP contribution in [0.25, 0.3) is 6.08 Å². The molecule has 0 spiro atoms. The van der Waals surface area contributed by atoms with Crippen molar-refractivity contribution in [1.29, 1.82) is 10.5 Å². The van der Waals surface area contributed by atoms with Gasteiger partial charge in [0, 0.05) is 23.5 Å². The molecular formula is C21H15N7. The Labute approximate surface area is 162 Å². The molecule has 0 saturated carbocycles. The van der Waals surface area contributed by atoms with Crippen molar-refractivity contribution in [2.45, 2.75) is 0 Å². The highest BCUT2D eigenvalue weighted by molar-refractivity contribution is 6.11. The minimum absolute atomic E-state index is 0.386. The minimum atomic E-state index is 0.386. The molecule has 1 aromatic heterocycles. The average Bonchev–Trinajstić information content (AvgIpc) is 2.74. The number of aromatic nitrogens is 2. The van der Waals surface area contributed by atoms with Crippen molar-refractivity contribution in [2.75, 3.05) is 5.32 Å². The van der Waals surface area contributed by atoms with Gasteiger partial charge >= 0.3 is 0 Å². The monoisotopic (exact) mass is 365 g/mol. The van der Waals surface area contributed by atoms with Crippen LogP contribution in [0.2, 0.25) is 0 Å². The summed E-state index contributed by atoms with van der Waals surface area (Å²) in [5.41, 5.74) is 4.10. The lowest BCUT2D eigenvalue weighted by atomic mass is 10.0. The molecule has 1 heterocycles. The predicted molar refractivity (Wildman–Crippen MR) is 107 cm³/mol. The zero-order chi connectivity index (χ0) is 19.8. The number of allylic oxidation sites excluding steroid dienone is 1. The van der Waals surface area contributed by atoms with Gasteiger partial charge in [-0.3, -0.25) is 0 Å². The quantitative estimate of drug-likeness (QED) is 0.309.